The molecule has 0 saturated carbocycles. The van der Waals surface area contributed by atoms with Crippen LogP contribution in [0.15, 0.2) is 11.8 Å². The minimum atomic E-state index is -1.23. The third-order valence-electron chi connectivity index (χ3n) is 5.14. The molecule has 0 unspecified atom stereocenters. The lowest BCUT2D eigenvalue weighted by molar-refractivity contribution is 0.674. The molecule has 0 aromatic carbocycles. The van der Waals surface area contributed by atoms with Crippen LogP contribution in [0.3, 0.4) is 0 Å². The largest absolute Gasteiger partial charge is 0.105 e. The monoisotopic (exact) mass is 358 g/mol. The molecule has 0 aromatic rings. The number of allylic oxidation sites excluding steroid dienone is 1. The van der Waals surface area contributed by atoms with E-state index in [4.69, 9.17) is 0 Å². The van der Waals surface area contributed by atoms with Gasteiger partial charge in [0, 0.05) is 22.8 Å². The summed E-state index contributed by atoms with van der Waals surface area (Å²) in [4.78, 5) is 0. The zero-order valence-corrected chi connectivity index (χ0v) is 20.7. The average molecular weight is 359 g/mol. The first-order valence-corrected chi connectivity index (χ1v) is 24.6. The zero-order chi connectivity index (χ0) is 16.9. The molecule has 21 heavy (non-hydrogen) atoms. The molecule has 0 saturated heterocycles. The normalized spacial score (nSPS) is 15.0. The van der Waals surface area contributed by atoms with E-state index in [0.717, 1.165) is 0 Å². The van der Waals surface area contributed by atoms with Crippen molar-refractivity contribution in [3.8, 4) is 0 Å². The molecule has 0 radical (unpaired) electrons. The number of rotatable bonds is 9. The van der Waals surface area contributed by atoms with Gasteiger partial charge in [0.05, 0.1) is 6.63 Å². The van der Waals surface area contributed by atoms with E-state index in [-0.39, 0.29) is 0 Å². The first-order chi connectivity index (χ1) is 9.31. The Morgan fingerprint density at radius 2 is 1.05 bits per heavy atom. The van der Waals surface area contributed by atoms with Crippen LogP contribution in [0.25, 0.3) is 0 Å². The van der Waals surface area contributed by atoms with Crippen molar-refractivity contribution >= 4 is 29.4 Å². The average Bonchev–Trinajstić information content (AvgIpc) is 2.22. The summed E-state index contributed by atoms with van der Waals surface area (Å²) in [6.45, 7) is 25.2. The minimum absolute atomic E-state index is 1.11. The summed E-state index contributed by atoms with van der Waals surface area (Å²) in [5.41, 5.74) is 2.89. The van der Waals surface area contributed by atoms with Crippen LogP contribution in [0.5, 0.6) is 0 Å². The number of hydrogen-bond donors (Lipinski definition) is 0. The topological polar surface area (TPSA) is 0 Å². The van der Waals surface area contributed by atoms with Crippen LogP contribution in [0.1, 0.15) is 39.0 Å². The van der Waals surface area contributed by atoms with E-state index in [1.54, 1.807) is 0 Å². The lowest BCUT2D eigenvalue weighted by Crippen LogP contribution is -2.81. The van der Waals surface area contributed by atoms with Gasteiger partial charge in [-0.25, -0.2) is 0 Å². The highest BCUT2D eigenvalue weighted by Crippen LogP contribution is 2.38. The van der Waals surface area contributed by atoms with E-state index in [1.165, 1.54) is 32.1 Å². The fraction of sp³-hybridized carbons (Fsp3) is 0.882. The number of unbranched alkanes of at least 4 members (excludes halogenated alkanes) is 4. The van der Waals surface area contributed by atoms with E-state index >= 15 is 0 Å². The maximum atomic E-state index is 2.89. The van der Waals surface area contributed by atoms with Crippen molar-refractivity contribution in [3.63, 3.8) is 0 Å². The van der Waals surface area contributed by atoms with Gasteiger partial charge in [0.1, 0.15) is 0 Å². The molecule has 0 aliphatic heterocycles. The van der Waals surface area contributed by atoms with Gasteiger partial charge in [-0.3, -0.25) is 0 Å². The maximum Gasteiger partial charge on any atom is 0.0593 e. The van der Waals surface area contributed by atoms with Crippen molar-refractivity contribution in [2.24, 2.45) is 0 Å². The Balaban J connectivity index is 5.38. The second kappa shape index (κ2) is 7.93. The molecule has 0 bridgehead atoms. The van der Waals surface area contributed by atoms with E-state index in [0.29, 0.717) is 0 Å². The zero-order valence-electron chi connectivity index (χ0n) is 16.7. The second-order valence-corrected chi connectivity index (χ2v) is 50.4. The van der Waals surface area contributed by atoms with Gasteiger partial charge in [-0.05, 0) is 12.8 Å². The lowest BCUT2D eigenvalue weighted by atomic mass is 10.2. The summed E-state index contributed by atoms with van der Waals surface area (Å²) >= 11 is 0. The summed E-state index contributed by atoms with van der Waals surface area (Å²) in [7, 11) is -3.32. The standard InChI is InChI=1S/C17H42Si4/c1-11-12-13-14-15-16-17-21(18(2,3)4,19(5,6)7)20(8,9)10/h16-17H,11-15H2,1-10H3/b17-16-. The summed E-state index contributed by atoms with van der Waals surface area (Å²) in [5.74, 6) is 0. The van der Waals surface area contributed by atoms with Crippen LogP contribution < -0.4 is 0 Å². The molecule has 0 atom stereocenters. The van der Waals surface area contributed by atoms with Crippen molar-refractivity contribution < 1.29 is 0 Å². The smallest absolute Gasteiger partial charge is 0.0593 e. The Bertz CT molecular complexity index is 290. The highest BCUT2D eigenvalue weighted by Gasteiger charge is 2.59. The van der Waals surface area contributed by atoms with Crippen LogP contribution in [-0.2, 0) is 0 Å². The van der Waals surface area contributed by atoms with Crippen molar-refractivity contribution in [1.82, 2.24) is 0 Å². The van der Waals surface area contributed by atoms with Crippen LogP contribution in [0.4, 0.5) is 0 Å². The highest BCUT2D eigenvalue weighted by atomic mass is 29.9. The fourth-order valence-corrected chi connectivity index (χ4v) is 100. The van der Waals surface area contributed by atoms with E-state index in [2.05, 4.69) is 77.6 Å². The van der Waals surface area contributed by atoms with Crippen LogP contribution in [0, 0.1) is 0 Å². The molecule has 0 aromatic heterocycles. The molecule has 4 heteroatoms. The first-order valence-electron chi connectivity index (χ1n) is 8.99. The number of hydrogen-bond acceptors (Lipinski definition) is 0. The SMILES string of the molecule is CCCCCC/C=C\[Si]([Si](C)(C)C)([Si](C)(C)C)[Si](C)(C)C. The molecular weight excluding hydrogens is 317 g/mol. The minimum Gasteiger partial charge on any atom is -0.105 e. The van der Waals surface area contributed by atoms with Gasteiger partial charge in [-0.2, -0.15) is 0 Å². The second-order valence-electron chi connectivity index (χ2n) is 9.81. The van der Waals surface area contributed by atoms with Gasteiger partial charge in [-0.1, -0.05) is 91.2 Å². The predicted molar refractivity (Wildman–Crippen MR) is 114 cm³/mol. The van der Waals surface area contributed by atoms with Crippen LogP contribution in [-0.4, -0.2) is 29.4 Å². The molecule has 0 amide bonds. The molecule has 0 spiro atoms. The van der Waals surface area contributed by atoms with Crippen molar-refractivity contribution in [2.75, 3.05) is 0 Å². The van der Waals surface area contributed by atoms with Gasteiger partial charge in [-0.15, -0.1) is 5.70 Å². The maximum absolute atomic E-state index is 2.89. The van der Waals surface area contributed by atoms with Gasteiger partial charge in [0.15, 0.2) is 0 Å². The van der Waals surface area contributed by atoms with Crippen molar-refractivity contribution in [1.29, 1.82) is 0 Å². The molecule has 0 aliphatic rings. The first kappa shape index (κ1) is 21.6. The third kappa shape index (κ3) is 5.32. The molecule has 126 valence electrons. The molecule has 0 rings (SSSR count). The third-order valence-corrected chi connectivity index (χ3v) is 76.3. The van der Waals surface area contributed by atoms with Gasteiger partial charge < -0.3 is 0 Å². The lowest BCUT2D eigenvalue weighted by Gasteiger charge is -2.56. The summed E-state index contributed by atoms with van der Waals surface area (Å²) in [5, 5.41) is 0. The van der Waals surface area contributed by atoms with Gasteiger partial charge in [0.25, 0.3) is 0 Å². The molecular formula is C17H42Si4. The van der Waals surface area contributed by atoms with Crippen molar-refractivity contribution in [2.45, 2.75) is 98.0 Å². The molecule has 0 nitrogen and oxygen atoms in total. The van der Waals surface area contributed by atoms with E-state index in [9.17, 15) is 0 Å². The Hall–Kier alpha value is 0.608. The predicted octanol–water partition coefficient (Wildman–Crippen LogP) is 6.75. The van der Waals surface area contributed by atoms with E-state index in [1.807, 2.05) is 0 Å². The Morgan fingerprint density at radius 3 is 1.38 bits per heavy atom. The summed E-state index contributed by atoms with van der Waals surface area (Å²) < 4.78 is 0. The Morgan fingerprint density at radius 1 is 0.619 bits per heavy atom. The molecule has 0 fully saturated rings. The molecule has 0 N–H and O–H groups in total. The molecule has 0 aliphatic carbocycles. The van der Waals surface area contributed by atoms with E-state index < -0.39 is 29.4 Å². The Kier molecular flexibility index (Phi) is 8.16. The van der Waals surface area contributed by atoms with Gasteiger partial charge >= 0.3 is 0 Å². The molecule has 0 heterocycles. The van der Waals surface area contributed by atoms with Crippen molar-refractivity contribution in [3.05, 3.63) is 11.8 Å². The van der Waals surface area contributed by atoms with Gasteiger partial charge in [0.2, 0.25) is 0 Å². The quantitative estimate of drug-likeness (QED) is 0.316. The summed E-state index contributed by atoms with van der Waals surface area (Å²) in [6.07, 6.45) is 9.54. The summed E-state index contributed by atoms with van der Waals surface area (Å²) in [6, 6.07) is 0. The Labute approximate surface area is 139 Å². The van der Waals surface area contributed by atoms with Crippen LogP contribution >= 0.6 is 0 Å². The fourth-order valence-electron chi connectivity index (χ4n) is 5.07. The van der Waals surface area contributed by atoms with Crippen LogP contribution in [0.2, 0.25) is 58.9 Å². The highest BCUT2D eigenvalue weighted by molar-refractivity contribution is 7.90.